The summed E-state index contributed by atoms with van der Waals surface area (Å²) in [7, 11) is 0. The van der Waals surface area contributed by atoms with E-state index >= 15 is 0 Å². The Bertz CT molecular complexity index is 136. The molecule has 0 aromatic heterocycles. The summed E-state index contributed by atoms with van der Waals surface area (Å²) in [6.45, 7) is 2.29. The average Bonchev–Trinajstić information content (AvgIpc) is 2.79. The zero-order valence-corrected chi connectivity index (χ0v) is 8.72. The maximum Gasteiger partial charge on any atom is 0.0288 e. The van der Waals surface area contributed by atoms with E-state index in [1.54, 1.807) is 0 Å². The Morgan fingerprint density at radius 3 is 3.18 bits per heavy atom. The van der Waals surface area contributed by atoms with Crippen molar-refractivity contribution in [1.29, 1.82) is 0 Å². The highest BCUT2D eigenvalue weighted by atomic mass is 32.2. The highest BCUT2D eigenvalue weighted by Gasteiger charge is 2.46. The minimum atomic E-state index is 1.03. The first-order valence-corrected chi connectivity index (χ1v) is 6.68. The maximum atomic E-state index is 2.29. The molecule has 11 heavy (non-hydrogen) atoms. The van der Waals surface area contributed by atoms with Gasteiger partial charge in [-0.25, -0.2) is 0 Å². The van der Waals surface area contributed by atoms with Crippen LogP contribution in [0.15, 0.2) is 0 Å². The van der Waals surface area contributed by atoms with Crippen LogP contribution in [0.25, 0.3) is 0 Å². The van der Waals surface area contributed by atoms with E-state index in [0.717, 1.165) is 15.7 Å². The number of fused-ring (bicyclic) bond motifs is 1. The topological polar surface area (TPSA) is 0 Å². The maximum absolute atomic E-state index is 2.29. The highest BCUT2D eigenvalue weighted by Crippen LogP contribution is 2.54. The molecular formula is C9H16S2. The van der Waals surface area contributed by atoms with Crippen molar-refractivity contribution in [2.45, 2.75) is 48.4 Å². The quantitative estimate of drug-likeness (QED) is 0.624. The minimum Gasteiger partial charge on any atom is -0.157 e. The summed E-state index contributed by atoms with van der Waals surface area (Å²) in [6.07, 6.45) is 5.86. The molecule has 2 fully saturated rings. The molecule has 0 radical (unpaired) electrons. The summed E-state index contributed by atoms with van der Waals surface area (Å²) < 4.78 is 0. The molecule has 3 unspecified atom stereocenters. The SMILES string of the molecule is CCCSC1CCCC2SC12. The molecule has 1 aliphatic heterocycles. The third kappa shape index (κ3) is 1.89. The Balaban J connectivity index is 1.75. The molecule has 3 atom stereocenters. The van der Waals surface area contributed by atoms with Crippen molar-refractivity contribution >= 4 is 23.5 Å². The third-order valence-corrected chi connectivity index (χ3v) is 5.81. The van der Waals surface area contributed by atoms with E-state index in [0.29, 0.717) is 0 Å². The van der Waals surface area contributed by atoms with Crippen LogP contribution in [-0.2, 0) is 0 Å². The predicted octanol–water partition coefficient (Wildman–Crippen LogP) is 3.17. The fraction of sp³-hybridized carbons (Fsp3) is 1.00. The second kappa shape index (κ2) is 3.61. The molecule has 0 aromatic rings. The molecule has 0 spiro atoms. The van der Waals surface area contributed by atoms with Gasteiger partial charge in [-0.2, -0.15) is 23.5 Å². The molecule has 64 valence electrons. The highest BCUT2D eigenvalue weighted by molar-refractivity contribution is 8.09. The minimum absolute atomic E-state index is 1.03. The van der Waals surface area contributed by atoms with Gasteiger partial charge >= 0.3 is 0 Å². The van der Waals surface area contributed by atoms with E-state index in [4.69, 9.17) is 0 Å². The molecule has 1 heterocycles. The zero-order valence-electron chi connectivity index (χ0n) is 7.08. The molecular weight excluding hydrogens is 172 g/mol. The van der Waals surface area contributed by atoms with Gasteiger partial charge in [-0.05, 0) is 25.0 Å². The van der Waals surface area contributed by atoms with Gasteiger partial charge < -0.3 is 0 Å². The van der Waals surface area contributed by atoms with Crippen LogP contribution >= 0.6 is 23.5 Å². The van der Waals surface area contributed by atoms with Gasteiger partial charge in [-0.15, -0.1) is 0 Å². The van der Waals surface area contributed by atoms with E-state index in [-0.39, 0.29) is 0 Å². The average molecular weight is 188 g/mol. The molecule has 0 N–H and O–H groups in total. The van der Waals surface area contributed by atoms with Crippen molar-refractivity contribution in [2.75, 3.05) is 5.75 Å². The van der Waals surface area contributed by atoms with Crippen LogP contribution in [-0.4, -0.2) is 21.5 Å². The summed E-state index contributed by atoms with van der Waals surface area (Å²) in [5.74, 6) is 1.38. The second-order valence-electron chi connectivity index (χ2n) is 3.48. The molecule has 2 aliphatic rings. The monoisotopic (exact) mass is 188 g/mol. The standard InChI is InChI=1S/C9H16S2/c1-2-6-10-7-4-3-5-8-9(7)11-8/h7-9H,2-6H2,1H3. The predicted molar refractivity (Wildman–Crippen MR) is 55.6 cm³/mol. The Labute approximate surface area is 77.9 Å². The van der Waals surface area contributed by atoms with Crippen LogP contribution in [0.4, 0.5) is 0 Å². The van der Waals surface area contributed by atoms with Gasteiger partial charge in [0.1, 0.15) is 0 Å². The van der Waals surface area contributed by atoms with Crippen molar-refractivity contribution < 1.29 is 0 Å². The fourth-order valence-electron chi connectivity index (χ4n) is 1.85. The molecule has 2 heteroatoms. The van der Waals surface area contributed by atoms with Crippen LogP contribution in [0.1, 0.15) is 32.6 Å². The van der Waals surface area contributed by atoms with Crippen molar-refractivity contribution in [3.63, 3.8) is 0 Å². The third-order valence-electron chi connectivity index (χ3n) is 2.50. The Morgan fingerprint density at radius 1 is 1.45 bits per heavy atom. The largest absolute Gasteiger partial charge is 0.157 e. The van der Waals surface area contributed by atoms with Crippen LogP contribution in [0.2, 0.25) is 0 Å². The second-order valence-corrected chi connectivity index (χ2v) is 6.25. The Hall–Kier alpha value is 0.700. The number of thioether (sulfide) groups is 2. The smallest absolute Gasteiger partial charge is 0.0288 e. The first-order chi connectivity index (χ1) is 5.42. The van der Waals surface area contributed by atoms with Crippen molar-refractivity contribution in [3.05, 3.63) is 0 Å². The molecule has 2 rings (SSSR count). The fourth-order valence-corrected chi connectivity index (χ4v) is 4.88. The summed E-state index contributed by atoms with van der Waals surface area (Å²) in [5, 5.41) is 3.18. The van der Waals surface area contributed by atoms with E-state index < -0.39 is 0 Å². The van der Waals surface area contributed by atoms with Crippen molar-refractivity contribution in [1.82, 2.24) is 0 Å². The van der Waals surface area contributed by atoms with Gasteiger partial charge in [0.15, 0.2) is 0 Å². The lowest BCUT2D eigenvalue weighted by Gasteiger charge is -2.18. The van der Waals surface area contributed by atoms with E-state index in [2.05, 4.69) is 30.4 Å². The van der Waals surface area contributed by atoms with Crippen molar-refractivity contribution in [3.8, 4) is 0 Å². The first kappa shape index (κ1) is 8.31. The van der Waals surface area contributed by atoms with Gasteiger partial charge in [-0.1, -0.05) is 13.3 Å². The molecule has 0 amide bonds. The molecule has 1 saturated heterocycles. The lowest BCUT2D eigenvalue weighted by Crippen LogP contribution is -2.18. The normalized spacial score (nSPS) is 41.7. The lowest BCUT2D eigenvalue weighted by molar-refractivity contribution is 0.583. The van der Waals surface area contributed by atoms with E-state index in [1.165, 1.54) is 31.4 Å². The summed E-state index contributed by atoms with van der Waals surface area (Å²) >= 11 is 4.46. The van der Waals surface area contributed by atoms with Gasteiger partial charge in [0.05, 0.1) is 0 Å². The van der Waals surface area contributed by atoms with Gasteiger partial charge in [-0.3, -0.25) is 0 Å². The van der Waals surface area contributed by atoms with E-state index in [9.17, 15) is 0 Å². The molecule has 1 aliphatic carbocycles. The van der Waals surface area contributed by atoms with Gasteiger partial charge in [0.25, 0.3) is 0 Å². The Morgan fingerprint density at radius 2 is 2.36 bits per heavy atom. The van der Waals surface area contributed by atoms with Gasteiger partial charge in [0.2, 0.25) is 0 Å². The summed E-state index contributed by atoms with van der Waals surface area (Å²) in [6, 6.07) is 0. The first-order valence-electron chi connectivity index (χ1n) is 4.69. The molecule has 0 nitrogen and oxygen atoms in total. The number of rotatable bonds is 3. The van der Waals surface area contributed by atoms with E-state index in [1.807, 2.05) is 0 Å². The Kier molecular flexibility index (Phi) is 2.73. The molecule has 0 aromatic carbocycles. The summed E-state index contributed by atoms with van der Waals surface area (Å²) in [4.78, 5) is 0. The van der Waals surface area contributed by atoms with Crippen LogP contribution in [0.3, 0.4) is 0 Å². The van der Waals surface area contributed by atoms with Crippen LogP contribution in [0.5, 0.6) is 0 Å². The molecule has 1 saturated carbocycles. The summed E-state index contributed by atoms with van der Waals surface area (Å²) in [5.41, 5.74) is 0. The molecule has 0 bridgehead atoms. The lowest BCUT2D eigenvalue weighted by atomic mass is 10.0. The van der Waals surface area contributed by atoms with Crippen LogP contribution in [0, 0.1) is 0 Å². The zero-order chi connectivity index (χ0) is 7.68. The number of hydrogen-bond donors (Lipinski definition) is 0. The van der Waals surface area contributed by atoms with Gasteiger partial charge in [0, 0.05) is 15.7 Å². The van der Waals surface area contributed by atoms with Crippen LogP contribution < -0.4 is 0 Å². The van der Waals surface area contributed by atoms with Crippen molar-refractivity contribution in [2.24, 2.45) is 0 Å². The number of hydrogen-bond acceptors (Lipinski definition) is 2.